The third kappa shape index (κ3) is 4.87. The fourth-order valence-electron chi connectivity index (χ4n) is 2.16. The van der Waals surface area contributed by atoms with Crippen molar-refractivity contribution >= 4 is 23.2 Å². The molecule has 0 saturated heterocycles. The van der Waals surface area contributed by atoms with E-state index in [-0.39, 0.29) is 43.1 Å². The van der Waals surface area contributed by atoms with Crippen LogP contribution in [0.1, 0.15) is 33.1 Å². The number of amides is 2. The summed E-state index contributed by atoms with van der Waals surface area (Å²) in [7, 11) is 0. The third-order valence-corrected chi connectivity index (χ3v) is 3.39. The first-order chi connectivity index (χ1) is 10.8. The fourth-order valence-corrected chi connectivity index (χ4v) is 2.16. The largest absolute Gasteiger partial charge is 0.411 e. The minimum Gasteiger partial charge on any atom is -0.411 e. The normalized spacial score (nSPS) is 17.7. The maximum absolute atomic E-state index is 11.8. The van der Waals surface area contributed by atoms with E-state index in [0.29, 0.717) is 5.57 Å². The summed E-state index contributed by atoms with van der Waals surface area (Å²) in [5, 5.41) is 27.8. The Morgan fingerprint density at radius 3 is 2.74 bits per heavy atom. The molecular formula is C13H19N5O5. The van der Waals surface area contributed by atoms with E-state index in [1.807, 2.05) is 0 Å². The summed E-state index contributed by atoms with van der Waals surface area (Å²) >= 11 is 0. The Bertz CT molecular complexity index is 596. The van der Waals surface area contributed by atoms with Gasteiger partial charge in [-0.2, -0.15) is 5.10 Å². The lowest BCUT2D eigenvalue weighted by atomic mass is 10.1. The molecule has 23 heavy (non-hydrogen) atoms. The van der Waals surface area contributed by atoms with Gasteiger partial charge in [-0.25, -0.2) is 5.01 Å². The van der Waals surface area contributed by atoms with Gasteiger partial charge in [0.25, 0.3) is 5.91 Å². The van der Waals surface area contributed by atoms with Crippen molar-refractivity contribution in [2.24, 2.45) is 16.0 Å². The van der Waals surface area contributed by atoms with Gasteiger partial charge in [0.2, 0.25) is 11.9 Å². The lowest BCUT2D eigenvalue weighted by Gasteiger charge is -2.22. The molecule has 0 aliphatic carbocycles. The first-order valence-electron chi connectivity index (χ1n) is 7.00. The lowest BCUT2D eigenvalue weighted by Crippen LogP contribution is -2.39. The first kappa shape index (κ1) is 18.3. The number of nitro groups is 1. The number of hydrazone groups is 1. The third-order valence-electron chi connectivity index (χ3n) is 3.39. The van der Waals surface area contributed by atoms with Crippen molar-refractivity contribution in [1.29, 1.82) is 0 Å². The second-order valence-electron chi connectivity index (χ2n) is 5.05. The summed E-state index contributed by atoms with van der Waals surface area (Å²) < 4.78 is 0. The highest BCUT2D eigenvalue weighted by Gasteiger charge is 2.25. The molecule has 1 unspecified atom stereocenters. The van der Waals surface area contributed by atoms with Crippen LogP contribution in [0.15, 0.2) is 21.9 Å². The Morgan fingerprint density at radius 1 is 1.61 bits per heavy atom. The van der Waals surface area contributed by atoms with Gasteiger partial charge in [0.1, 0.15) is 11.4 Å². The Hall–Kier alpha value is -2.78. The second-order valence-corrected chi connectivity index (χ2v) is 5.05. The molecule has 1 aliphatic rings. The average Bonchev–Trinajstić information content (AvgIpc) is 2.48. The highest BCUT2D eigenvalue weighted by Crippen LogP contribution is 2.12. The van der Waals surface area contributed by atoms with Crippen molar-refractivity contribution in [3.63, 3.8) is 0 Å². The van der Waals surface area contributed by atoms with E-state index in [4.69, 9.17) is 10.9 Å². The summed E-state index contributed by atoms with van der Waals surface area (Å²) in [6, 6.07) is -0.909. The quantitative estimate of drug-likeness (QED) is 0.298. The minimum atomic E-state index is -0.909. The van der Waals surface area contributed by atoms with E-state index < -0.39 is 16.9 Å². The molecule has 0 saturated carbocycles. The van der Waals surface area contributed by atoms with E-state index in [1.165, 1.54) is 13.0 Å². The van der Waals surface area contributed by atoms with Crippen LogP contribution in [0.5, 0.6) is 0 Å². The van der Waals surface area contributed by atoms with Gasteiger partial charge in [-0.1, -0.05) is 12.1 Å². The molecule has 2 amide bonds. The molecule has 1 aliphatic heterocycles. The molecule has 0 spiro atoms. The molecule has 3 N–H and O–H groups in total. The van der Waals surface area contributed by atoms with E-state index in [1.54, 1.807) is 6.92 Å². The fraction of sp³-hybridized carbons (Fsp3) is 0.538. The van der Waals surface area contributed by atoms with Crippen molar-refractivity contribution in [1.82, 2.24) is 5.01 Å². The second kappa shape index (κ2) is 8.01. The van der Waals surface area contributed by atoms with Gasteiger partial charge >= 0.3 is 0 Å². The molecule has 0 aromatic carbocycles. The van der Waals surface area contributed by atoms with Crippen LogP contribution in [0, 0.1) is 10.1 Å². The molecule has 126 valence electrons. The van der Waals surface area contributed by atoms with Crippen LogP contribution in [0.2, 0.25) is 0 Å². The molecule has 0 radical (unpaired) electrons. The number of hydrogen-bond donors (Lipinski definition) is 2. The minimum absolute atomic E-state index is 0.0191. The van der Waals surface area contributed by atoms with Crippen LogP contribution < -0.4 is 5.73 Å². The van der Waals surface area contributed by atoms with Crippen molar-refractivity contribution < 1.29 is 19.7 Å². The maximum atomic E-state index is 11.8. The van der Waals surface area contributed by atoms with E-state index in [0.717, 1.165) is 5.01 Å². The van der Waals surface area contributed by atoms with Crippen molar-refractivity contribution in [2.75, 3.05) is 6.54 Å². The molecule has 0 fully saturated rings. The van der Waals surface area contributed by atoms with Crippen LogP contribution in [-0.4, -0.2) is 51.0 Å². The monoisotopic (exact) mass is 325 g/mol. The number of nitrogens with zero attached hydrogens (tertiary/aromatic N) is 4. The van der Waals surface area contributed by atoms with Gasteiger partial charge in [-0.05, 0) is 13.0 Å². The summed E-state index contributed by atoms with van der Waals surface area (Å²) in [6.07, 6.45) is 1.83. The van der Waals surface area contributed by atoms with Crippen LogP contribution in [-0.2, 0) is 9.59 Å². The summed E-state index contributed by atoms with van der Waals surface area (Å²) in [4.78, 5) is 33.4. The zero-order valence-corrected chi connectivity index (χ0v) is 12.9. The highest BCUT2D eigenvalue weighted by atomic mass is 16.6. The molecule has 10 heteroatoms. The van der Waals surface area contributed by atoms with Crippen molar-refractivity contribution in [3.05, 3.63) is 21.8 Å². The van der Waals surface area contributed by atoms with Crippen molar-refractivity contribution in [2.45, 2.75) is 39.2 Å². The maximum Gasteiger partial charge on any atom is 0.264 e. The van der Waals surface area contributed by atoms with Gasteiger partial charge in [0, 0.05) is 29.8 Å². The Labute approximate surface area is 132 Å². The van der Waals surface area contributed by atoms with E-state index in [2.05, 4.69) is 10.3 Å². The SMILES string of the molecule is CCC(/C(C)=C/C(CN1N=C(C(N)=O)CCC1=O)=N\O)[N+](=O)[O-]. The Kier molecular flexibility index (Phi) is 6.36. The smallest absolute Gasteiger partial charge is 0.264 e. The van der Waals surface area contributed by atoms with E-state index in [9.17, 15) is 19.7 Å². The number of hydrogen-bond acceptors (Lipinski definition) is 7. The molecule has 10 nitrogen and oxygen atoms in total. The molecule has 1 heterocycles. The Morgan fingerprint density at radius 2 is 2.26 bits per heavy atom. The zero-order chi connectivity index (χ0) is 17.6. The van der Waals surface area contributed by atoms with Gasteiger partial charge in [-0.3, -0.25) is 19.7 Å². The summed E-state index contributed by atoms with van der Waals surface area (Å²) in [5.74, 6) is -1.08. The Balaban J connectivity index is 2.95. The molecule has 0 bridgehead atoms. The van der Waals surface area contributed by atoms with Gasteiger partial charge in [0.05, 0.1) is 6.54 Å². The van der Waals surface area contributed by atoms with Gasteiger partial charge in [-0.15, -0.1) is 0 Å². The number of rotatable bonds is 7. The van der Waals surface area contributed by atoms with Crippen LogP contribution in [0.3, 0.4) is 0 Å². The standard InChI is InChI=1S/C13H19N5O5/c1-3-11(18(22)23)8(2)6-9(16-21)7-17-12(19)5-4-10(15-17)13(14)20/h6,11,21H,3-5,7H2,1-2H3,(H2,14,20)/b8-6+,16-9+. The van der Waals surface area contributed by atoms with E-state index >= 15 is 0 Å². The molecule has 1 atom stereocenters. The number of oxime groups is 1. The van der Waals surface area contributed by atoms with Crippen LogP contribution in [0.4, 0.5) is 0 Å². The predicted molar refractivity (Wildman–Crippen MR) is 81.6 cm³/mol. The van der Waals surface area contributed by atoms with Gasteiger partial charge < -0.3 is 10.9 Å². The molecule has 1 rings (SSSR count). The summed E-state index contributed by atoms with van der Waals surface area (Å²) in [5.41, 5.74) is 5.59. The zero-order valence-electron chi connectivity index (χ0n) is 12.9. The lowest BCUT2D eigenvalue weighted by molar-refractivity contribution is -0.512. The highest BCUT2D eigenvalue weighted by molar-refractivity contribution is 6.39. The number of carbonyl (C=O) groups excluding carboxylic acids is 2. The first-order valence-corrected chi connectivity index (χ1v) is 7.00. The average molecular weight is 325 g/mol. The van der Waals surface area contributed by atoms with Crippen LogP contribution in [0.25, 0.3) is 0 Å². The summed E-state index contributed by atoms with van der Waals surface area (Å²) in [6.45, 7) is 2.99. The molecule has 0 aromatic heterocycles. The topological polar surface area (TPSA) is 151 Å². The predicted octanol–water partition coefficient (Wildman–Crippen LogP) is 0.282. The van der Waals surface area contributed by atoms with Gasteiger partial charge in [0.15, 0.2) is 0 Å². The number of primary amides is 1. The molecular weight excluding hydrogens is 306 g/mol. The molecule has 0 aromatic rings. The van der Waals surface area contributed by atoms with Crippen molar-refractivity contribution in [3.8, 4) is 0 Å². The number of nitrogens with two attached hydrogens (primary N) is 1. The number of carbonyl (C=O) groups is 2. The van der Waals surface area contributed by atoms with Crippen LogP contribution >= 0.6 is 0 Å².